The van der Waals surface area contributed by atoms with Gasteiger partial charge in [0.25, 0.3) is 5.91 Å². The molecule has 0 bridgehead atoms. The Hall–Kier alpha value is -2.32. The van der Waals surface area contributed by atoms with Crippen LogP contribution < -0.4 is 5.32 Å². The Labute approximate surface area is 117 Å². The molecule has 1 fully saturated rings. The molecule has 1 aromatic heterocycles. The van der Waals surface area contributed by atoms with E-state index < -0.39 is 36.5 Å². The van der Waals surface area contributed by atoms with Crippen molar-refractivity contribution in [2.24, 2.45) is 0 Å². The maximum Gasteiger partial charge on any atom is 0.406 e. The van der Waals surface area contributed by atoms with Crippen molar-refractivity contribution in [3.8, 4) is 0 Å². The number of alkyl halides is 3. The highest BCUT2D eigenvalue weighted by molar-refractivity contribution is 6.06. The van der Waals surface area contributed by atoms with E-state index >= 15 is 0 Å². The normalized spacial score (nSPS) is 19.6. The SMILES string of the molecule is CC1C(=O)NC(=O)CN1C(=O)c1cccn1CC(F)(F)F. The van der Waals surface area contributed by atoms with Crippen LogP contribution in [-0.2, 0) is 16.1 Å². The van der Waals surface area contributed by atoms with Crippen molar-refractivity contribution in [3.63, 3.8) is 0 Å². The van der Waals surface area contributed by atoms with E-state index in [-0.39, 0.29) is 12.2 Å². The zero-order valence-corrected chi connectivity index (χ0v) is 11.0. The maximum absolute atomic E-state index is 12.4. The first-order valence-electron chi connectivity index (χ1n) is 6.05. The van der Waals surface area contributed by atoms with E-state index in [2.05, 4.69) is 5.32 Å². The number of piperazine rings is 1. The molecule has 1 aliphatic rings. The van der Waals surface area contributed by atoms with Crippen LogP contribution in [-0.4, -0.2) is 46.0 Å². The molecule has 2 heterocycles. The van der Waals surface area contributed by atoms with Crippen molar-refractivity contribution in [2.45, 2.75) is 25.7 Å². The Balaban J connectivity index is 2.26. The summed E-state index contributed by atoms with van der Waals surface area (Å²) in [5.74, 6) is -2.12. The van der Waals surface area contributed by atoms with Gasteiger partial charge < -0.3 is 9.47 Å². The first-order chi connectivity index (χ1) is 9.69. The van der Waals surface area contributed by atoms with E-state index in [9.17, 15) is 27.6 Å². The number of carbonyl (C=O) groups excluding carboxylic acids is 3. The zero-order valence-electron chi connectivity index (χ0n) is 11.0. The molecule has 0 spiro atoms. The van der Waals surface area contributed by atoms with Crippen LogP contribution in [0.5, 0.6) is 0 Å². The fourth-order valence-corrected chi connectivity index (χ4v) is 2.05. The molecule has 3 amide bonds. The van der Waals surface area contributed by atoms with Gasteiger partial charge in [0.2, 0.25) is 11.8 Å². The average Bonchev–Trinajstić information content (AvgIpc) is 2.78. The summed E-state index contributed by atoms with van der Waals surface area (Å²) >= 11 is 0. The van der Waals surface area contributed by atoms with Crippen molar-refractivity contribution in [3.05, 3.63) is 24.0 Å². The lowest BCUT2D eigenvalue weighted by atomic mass is 10.2. The summed E-state index contributed by atoms with van der Waals surface area (Å²) in [6.07, 6.45) is -3.36. The third kappa shape index (κ3) is 3.23. The molecule has 9 heteroatoms. The summed E-state index contributed by atoms with van der Waals surface area (Å²) in [7, 11) is 0. The number of amides is 3. The summed E-state index contributed by atoms with van der Waals surface area (Å²) < 4.78 is 38.1. The molecule has 0 aromatic carbocycles. The third-order valence-corrected chi connectivity index (χ3v) is 3.08. The Kier molecular flexibility index (Phi) is 3.75. The molecule has 114 valence electrons. The van der Waals surface area contributed by atoms with Crippen LogP contribution in [0.15, 0.2) is 18.3 Å². The minimum Gasteiger partial charge on any atom is -0.334 e. The Morgan fingerprint density at radius 1 is 1.43 bits per heavy atom. The highest BCUT2D eigenvalue weighted by atomic mass is 19.4. The fraction of sp³-hybridized carbons (Fsp3) is 0.417. The van der Waals surface area contributed by atoms with Crippen LogP contribution in [0.4, 0.5) is 13.2 Å². The summed E-state index contributed by atoms with van der Waals surface area (Å²) in [5, 5.41) is 2.05. The number of hydrogen-bond donors (Lipinski definition) is 1. The maximum atomic E-state index is 12.4. The van der Waals surface area contributed by atoms with Gasteiger partial charge in [-0.05, 0) is 19.1 Å². The average molecular weight is 303 g/mol. The standard InChI is InChI=1S/C12H12F3N3O3/c1-7-10(20)16-9(19)5-18(7)11(21)8-3-2-4-17(8)6-12(13,14)15/h2-4,7H,5-6H2,1H3,(H,16,19,20). The predicted molar refractivity (Wildman–Crippen MR) is 64.1 cm³/mol. The molecule has 0 radical (unpaired) electrons. The topological polar surface area (TPSA) is 71.4 Å². The van der Waals surface area contributed by atoms with Gasteiger partial charge in [0.1, 0.15) is 24.8 Å². The second-order valence-corrected chi connectivity index (χ2v) is 4.66. The molecular weight excluding hydrogens is 291 g/mol. The zero-order chi connectivity index (χ0) is 15.8. The highest BCUT2D eigenvalue weighted by Gasteiger charge is 2.36. The van der Waals surface area contributed by atoms with Gasteiger partial charge in [-0.3, -0.25) is 19.7 Å². The van der Waals surface area contributed by atoms with Crippen LogP contribution >= 0.6 is 0 Å². The number of nitrogens with zero attached hydrogens (tertiary/aromatic N) is 2. The third-order valence-electron chi connectivity index (χ3n) is 3.08. The van der Waals surface area contributed by atoms with Gasteiger partial charge in [0.05, 0.1) is 0 Å². The minimum atomic E-state index is -4.48. The molecule has 6 nitrogen and oxygen atoms in total. The van der Waals surface area contributed by atoms with Crippen LogP contribution in [0.2, 0.25) is 0 Å². The molecule has 1 atom stereocenters. The number of nitrogens with one attached hydrogen (secondary N) is 1. The second-order valence-electron chi connectivity index (χ2n) is 4.66. The lowest BCUT2D eigenvalue weighted by molar-refractivity contribution is -0.141. The van der Waals surface area contributed by atoms with Crippen molar-refractivity contribution in [1.29, 1.82) is 0 Å². The van der Waals surface area contributed by atoms with Crippen molar-refractivity contribution >= 4 is 17.7 Å². The number of hydrogen-bond acceptors (Lipinski definition) is 3. The number of imide groups is 1. The molecule has 1 saturated heterocycles. The Morgan fingerprint density at radius 3 is 2.71 bits per heavy atom. The summed E-state index contributed by atoms with van der Waals surface area (Å²) in [4.78, 5) is 36.0. The van der Waals surface area contributed by atoms with Gasteiger partial charge in [0, 0.05) is 6.20 Å². The first kappa shape index (κ1) is 15.1. The van der Waals surface area contributed by atoms with Gasteiger partial charge in [-0.1, -0.05) is 0 Å². The van der Waals surface area contributed by atoms with Crippen molar-refractivity contribution in [2.75, 3.05) is 6.54 Å². The van der Waals surface area contributed by atoms with E-state index in [1.807, 2.05) is 0 Å². The lowest BCUT2D eigenvalue weighted by Crippen LogP contribution is -2.58. The fourth-order valence-electron chi connectivity index (χ4n) is 2.05. The van der Waals surface area contributed by atoms with E-state index in [0.29, 0.717) is 0 Å². The summed E-state index contributed by atoms with van der Waals surface area (Å²) in [6, 6.07) is 1.59. The van der Waals surface area contributed by atoms with E-state index in [4.69, 9.17) is 0 Å². The van der Waals surface area contributed by atoms with Gasteiger partial charge in [-0.25, -0.2) is 0 Å². The summed E-state index contributed by atoms with van der Waals surface area (Å²) in [6.45, 7) is -0.289. The Bertz CT molecular complexity index is 594. The first-order valence-corrected chi connectivity index (χ1v) is 6.05. The number of aromatic nitrogens is 1. The molecule has 1 aromatic rings. The van der Waals surface area contributed by atoms with Crippen LogP contribution in [0.3, 0.4) is 0 Å². The number of rotatable bonds is 2. The second kappa shape index (κ2) is 5.23. The molecule has 2 rings (SSSR count). The predicted octanol–water partition coefficient (Wildman–Crippen LogP) is 0.537. The smallest absolute Gasteiger partial charge is 0.334 e. The van der Waals surface area contributed by atoms with Gasteiger partial charge in [-0.2, -0.15) is 13.2 Å². The largest absolute Gasteiger partial charge is 0.406 e. The van der Waals surface area contributed by atoms with Gasteiger partial charge in [-0.15, -0.1) is 0 Å². The number of carbonyl (C=O) groups is 3. The molecule has 1 aliphatic heterocycles. The molecule has 1 unspecified atom stereocenters. The molecular formula is C12H12F3N3O3. The van der Waals surface area contributed by atoms with Crippen LogP contribution in [0.25, 0.3) is 0 Å². The Morgan fingerprint density at radius 2 is 2.10 bits per heavy atom. The van der Waals surface area contributed by atoms with Crippen molar-refractivity contribution in [1.82, 2.24) is 14.8 Å². The van der Waals surface area contributed by atoms with E-state index in [0.717, 1.165) is 15.7 Å². The van der Waals surface area contributed by atoms with E-state index in [1.54, 1.807) is 0 Å². The van der Waals surface area contributed by atoms with Crippen LogP contribution in [0.1, 0.15) is 17.4 Å². The molecule has 0 saturated carbocycles. The minimum absolute atomic E-state index is 0.221. The van der Waals surface area contributed by atoms with E-state index in [1.165, 1.54) is 19.1 Å². The lowest BCUT2D eigenvalue weighted by Gasteiger charge is -2.31. The quantitative estimate of drug-likeness (QED) is 0.811. The molecule has 1 N–H and O–H groups in total. The van der Waals surface area contributed by atoms with Gasteiger partial charge in [0.15, 0.2) is 0 Å². The van der Waals surface area contributed by atoms with Gasteiger partial charge >= 0.3 is 6.18 Å². The monoisotopic (exact) mass is 303 g/mol. The van der Waals surface area contributed by atoms with Crippen LogP contribution in [0, 0.1) is 0 Å². The highest BCUT2D eigenvalue weighted by Crippen LogP contribution is 2.20. The molecule has 0 aliphatic carbocycles. The molecule has 21 heavy (non-hydrogen) atoms. The number of halogens is 3. The van der Waals surface area contributed by atoms with Crippen molar-refractivity contribution < 1.29 is 27.6 Å². The summed E-state index contributed by atoms with van der Waals surface area (Å²) in [5.41, 5.74) is -0.221.